The molecule has 1 heterocycles. The van der Waals surface area contributed by atoms with Crippen LogP contribution in [0.3, 0.4) is 0 Å². The molecule has 0 saturated heterocycles. The third-order valence-corrected chi connectivity index (χ3v) is 4.79. The fraction of sp³-hybridized carbons (Fsp3) is 0.111. The first-order valence-corrected chi connectivity index (χ1v) is 9.08. The molecule has 0 unspecified atom stereocenters. The molecule has 3 aromatic rings. The number of nitrogens with zero attached hydrogens (tertiary/aromatic N) is 1. The maximum Gasteiger partial charge on any atom is 0.339 e. The standard InChI is InChI=1S/C18H16N2O4S/c1-2-17(21)20-14-8-10-15(11-9-14)25(22,23)24-16-7-3-5-13-6-4-12-19-18(13)16/h3-12H,2H2,1H3,(H,20,21). The van der Waals surface area contributed by atoms with Gasteiger partial charge in [-0.2, -0.15) is 8.42 Å². The van der Waals surface area contributed by atoms with Gasteiger partial charge in [0.05, 0.1) is 0 Å². The lowest BCUT2D eigenvalue weighted by Crippen LogP contribution is -2.12. The Morgan fingerprint density at radius 2 is 1.80 bits per heavy atom. The highest BCUT2D eigenvalue weighted by atomic mass is 32.2. The van der Waals surface area contributed by atoms with Crippen molar-refractivity contribution in [3.05, 3.63) is 60.8 Å². The van der Waals surface area contributed by atoms with E-state index in [0.717, 1.165) is 5.39 Å². The minimum Gasteiger partial charge on any atom is -0.377 e. The van der Waals surface area contributed by atoms with Crippen molar-refractivity contribution in [3.63, 3.8) is 0 Å². The van der Waals surface area contributed by atoms with Crippen molar-refractivity contribution in [2.75, 3.05) is 5.32 Å². The Labute approximate surface area is 145 Å². The molecule has 2 aromatic carbocycles. The molecule has 0 radical (unpaired) electrons. The lowest BCUT2D eigenvalue weighted by atomic mass is 10.2. The Morgan fingerprint density at radius 1 is 1.08 bits per heavy atom. The third kappa shape index (κ3) is 3.77. The van der Waals surface area contributed by atoms with Gasteiger partial charge in [-0.15, -0.1) is 0 Å². The Morgan fingerprint density at radius 3 is 2.52 bits per heavy atom. The second kappa shape index (κ2) is 6.90. The lowest BCUT2D eigenvalue weighted by molar-refractivity contribution is -0.115. The van der Waals surface area contributed by atoms with Gasteiger partial charge in [0.2, 0.25) is 5.91 Å². The van der Waals surface area contributed by atoms with E-state index in [1.165, 1.54) is 24.3 Å². The molecule has 0 aliphatic heterocycles. The molecule has 0 bridgehead atoms. The van der Waals surface area contributed by atoms with Crippen molar-refractivity contribution in [2.24, 2.45) is 0 Å². The average molecular weight is 356 g/mol. The second-order valence-electron chi connectivity index (χ2n) is 5.29. The summed E-state index contributed by atoms with van der Waals surface area (Å²) in [6.07, 6.45) is 1.92. The molecule has 0 saturated carbocycles. The zero-order valence-corrected chi connectivity index (χ0v) is 14.3. The van der Waals surface area contributed by atoms with Crippen molar-refractivity contribution in [1.82, 2.24) is 4.98 Å². The Balaban J connectivity index is 1.87. The summed E-state index contributed by atoms with van der Waals surface area (Å²) in [6, 6.07) is 14.5. The van der Waals surface area contributed by atoms with Crippen molar-refractivity contribution >= 4 is 32.6 Å². The molecule has 0 fully saturated rings. The summed E-state index contributed by atoms with van der Waals surface area (Å²) in [5, 5.41) is 3.44. The first-order chi connectivity index (χ1) is 12.0. The smallest absolute Gasteiger partial charge is 0.339 e. The minimum absolute atomic E-state index is 0.00469. The normalized spacial score (nSPS) is 11.2. The molecule has 6 nitrogen and oxygen atoms in total. The summed E-state index contributed by atoms with van der Waals surface area (Å²) in [4.78, 5) is 15.5. The van der Waals surface area contributed by atoms with Crippen LogP contribution in [0, 0.1) is 0 Å². The van der Waals surface area contributed by atoms with Crippen molar-refractivity contribution in [2.45, 2.75) is 18.2 Å². The molecule has 1 amide bonds. The third-order valence-electron chi connectivity index (χ3n) is 3.54. The van der Waals surface area contributed by atoms with Crippen molar-refractivity contribution < 1.29 is 17.4 Å². The average Bonchev–Trinajstić information content (AvgIpc) is 2.62. The highest BCUT2D eigenvalue weighted by molar-refractivity contribution is 7.87. The molecular formula is C18H16N2O4S. The summed E-state index contributed by atoms with van der Waals surface area (Å²) in [6.45, 7) is 1.74. The molecule has 1 aromatic heterocycles. The van der Waals surface area contributed by atoms with Crippen LogP contribution in [-0.4, -0.2) is 19.3 Å². The molecular weight excluding hydrogens is 340 g/mol. The number of nitrogens with one attached hydrogen (secondary N) is 1. The fourth-order valence-electron chi connectivity index (χ4n) is 2.26. The van der Waals surface area contributed by atoms with E-state index in [4.69, 9.17) is 4.18 Å². The van der Waals surface area contributed by atoms with Crippen LogP contribution >= 0.6 is 0 Å². The van der Waals surface area contributed by atoms with E-state index in [1.54, 1.807) is 31.3 Å². The molecule has 3 rings (SSSR count). The van der Waals surface area contributed by atoms with Crippen LogP contribution in [-0.2, 0) is 14.9 Å². The quantitative estimate of drug-likeness (QED) is 0.709. The van der Waals surface area contributed by atoms with E-state index in [2.05, 4.69) is 10.3 Å². The van der Waals surface area contributed by atoms with E-state index in [0.29, 0.717) is 17.6 Å². The summed E-state index contributed by atoms with van der Waals surface area (Å²) < 4.78 is 30.3. The molecule has 1 N–H and O–H groups in total. The van der Waals surface area contributed by atoms with Gasteiger partial charge in [0, 0.05) is 23.7 Å². The van der Waals surface area contributed by atoms with Gasteiger partial charge in [0.25, 0.3) is 0 Å². The summed E-state index contributed by atoms with van der Waals surface area (Å²) >= 11 is 0. The zero-order chi connectivity index (χ0) is 17.9. The summed E-state index contributed by atoms with van der Waals surface area (Å²) in [5.74, 6) is 0.0233. The minimum atomic E-state index is -4.01. The number of benzene rings is 2. The molecule has 0 aliphatic carbocycles. The lowest BCUT2D eigenvalue weighted by Gasteiger charge is -2.10. The number of carbonyl (C=O) groups excluding carboxylic acids is 1. The predicted octanol–water partition coefficient (Wildman–Crippen LogP) is 3.35. The summed E-state index contributed by atoms with van der Waals surface area (Å²) in [7, 11) is -4.01. The summed E-state index contributed by atoms with van der Waals surface area (Å²) in [5.41, 5.74) is 0.998. The number of hydrogen-bond donors (Lipinski definition) is 1. The van der Waals surface area contributed by atoms with E-state index in [9.17, 15) is 13.2 Å². The van der Waals surface area contributed by atoms with Gasteiger partial charge in [0.15, 0.2) is 5.75 Å². The number of hydrogen-bond acceptors (Lipinski definition) is 5. The number of para-hydroxylation sites is 1. The highest BCUT2D eigenvalue weighted by Crippen LogP contribution is 2.26. The van der Waals surface area contributed by atoms with E-state index >= 15 is 0 Å². The van der Waals surface area contributed by atoms with E-state index in [1.807, 2.05) is 12.1 Å². The van der Waals surface area contributed by atoms with Crippen LogP contribution in [0.15, 0.2) is 65.7 Å². The topological polar surface area (TPSA) is 85.4 Å². The molecule has 7 heteroatoms. The van der Waals surface area contributed by atoms with E-state index < -0.39 is 10.1 Å². The fourth-order valence-corrected chi connectivity index (χ4v) is 3.20. The number of rotatable bonds is 5. The predicted molar refractivity (Wildman–Crippen MR) is 94.9 cm³/mol. The first-order valence-electron chi connectivity index (χ1n) is 7.68. The Kier molecular flexibility index (Phi) is 4.67. The van der Waals surface area contributed by atoms with Gasteiger partial charge in [0.1, 0.15) is 10.4 Å². The molecule has 0 atom stereocenters. The van der Waals surface area contributed by atoms with Gasteiger partial charge in [-0.05, 0) is 36.4 Å². The van der Waals surface area contributed by atoms with E-state index in [-0.39, 0.29) is 16.6 Å². The van der Waals surface area contributed by atoms with Crippen LogP contribution in [0.25, 0.3) is 10.9 Å². The van der Waals surface area contributed by atoms with Crippen molar-refractivity contribution in [1.29, 1.82) is 0 Å². The number of aromatic nitrogens is 1. The van der Waals surface area contributed by atoms with Gasteiger partial charge in [-0.3, -0.25) is 9.78 Å². The van der Waals surface area contributed by atoms with Gasteiger partial charge < -0.3 is 9.50 Å². The maximum atomic E-state index is 12.5. The zero-order valence-electron chi connectivity index (χ0n) is 13.5. The van der Waals surface area contributed by atoms with Gasteiger partial charge in [-0.25, -0.2) is 0 Å². The van der Waals surface area contributed by atoms with Crippen molar-refractivity contribution in [3.8, 4) is 5.75 Å². The van der Waals surface area contributed by atoms with Crippen LogP contribution in [0.1, 0.15) is 13.3 Å². The maximum absolute atomic E-state index is 12.5. The number of amides is 1. The second-order valence-corrected chi connectivity index (χ2v) is 6.84. The van der Waals surface area contributed by atoms with Gasteiger partial charge in [-0.1, -0.05) is 25.1 Å². The monoisotopic (exact) mass is 356 g/mol. The molecule has 25 heavy (non-hydrogen) atoms. The van der Waals surface area contributed by atoms with Crippen LogP contribution in [0.2, 0.25) is 0 Å². The first kappa shape index (κ1) is 16.9. The molecule has 128 valence electrons. The number of pyridine rings is 1. The largest absolute Gasteiger partial charge is 0.377 e. The Hall–Kier alpha value is -2.93. The molecule has 0 aliphatic rings. The van der Waals surface area contributed by atoms with Crippen LogP contribution < -0.4 is 9.50 Å². The Bertz CT molecular complexity index is 1010. The number of carbonyl (C=O) groups is 1. The highest BCUT2D eigenvalue weighted by Gasteiger charge is 2.18. The number of anilines is 1. The SMILES string of the molecule is CCC(=O)Nc1ccc(S(=O)(=O)Oc2cccc3cccnc23)cc1. The van der Waals surface area contributed by atoms with Crippen LogP contribution in [0.4, 0.5) is 5.69 Å². The van der Waals surface area contributed by atoms with Gasteiger partial charge >= 0.3 is 10.1 Å². The number of fused-ring (bicyclic) bond motifs is 1. The molecule has 0 spiro atoms. The van der Waals surface area contributed by atoms with Crippen LogP contribution in [0.5, 0.6) is 5.75 Å².